The lowest BCUT2D eigenvalue weighted by Crippen LogP contribution is -2.26. The number of aromatic nitrogens is 1. The number of rotatable bonds is 11. The summed E-state index contributed by atoms with van der Waals surface area (Å²) in [5.41, 5.74) is 6.40. The summed E-state index contributed by atoms with van der Waals surface area (Å²) in [4.78, 5) is 24.2. The molecule has 0 spiro atoms. The highest BCUT2D eigenvalue weighted by atomic mass is 35.5. The first-order chi connectivity index (χ1) is 19.2. The molecule has 0 aliphatic carbocycles. The molecular weight excluding hydrogens is 534 g/mol. The number of nitrogens with one attached hydrogen (secondary N) is 1. The molecule has 2 aromatic heterocycles. The van der Waals surface area contributed by atoms with Crippen LogP contribution in [0, 0.1) is 13.8 Å². The van der Waals surface area contributed by atoms with Crippen LogP contribution in [0.4, 0.5) is 0 Å². The highest BCUT2D eigenvalue weighted by Crippen LogP contribution is 2.26. The molecule has 0 saturated heterocycles. The minimum Gasteiger partial charge on any atom is -0.486 e. The molecule has 0 saturated carbocycles. The van der Waals surface area contributed by atoms with Crippen LogP contribution in [0.1, 0.15) is 47.1 Å². The Bertz CT molecular complexity index is 1490. The van der Waals surface area contributed by atoms with Gasteiger partial charge in [-0.3, -0.25) is 4.79 Å². The molecule has 208 valence electrons. The predicted octanol–water partition coefficient (Wildman–Crippen LogP) is 6.01. The van der Waals surface area contributed by atoms with Gasteiger partial charge in [0.15, 0.2) is 11.9 Å². The molecule has 1 atom stereocenters. The van der Waals surface area contributed by atoms with E-state index in [1.807, 2.05) is 24.3 Å². The normalized spacial score (nSPS) is 11.8. The first kappa shape index (κ1) is 28.5. The summed E-state index contributed by atoms with van der Waals surface area (Å²) in [5, 5.41) is 4.24. The molecule has 0 aliphatic rings. The molecule has 1 N–H and O–H groups in total. The molecule has 2 heterocycles. The Morgan fingerprint density at radius 3 is 2.45 bits per heavy atom. The fourth-order valence-corrected chi connectivity index (χ4v) is 4.14. The number of halogens is 1. The molecule has 0 radical (unpaired) electrons. The molecule has 0 unspecified atom stereocenters. The molecule has 4 rings (SSSR count). The third-order valence-electron chi connectivity index (χ3n) is 5.89. The van der Waals surface area contributed by atoms with E-state index in [-0.39, 0.29) is 24.0 Å². The van der Waals surface area contributed by atoms with Crippen LogP contribution in [0.5, 0.6) is 11.5 Å². The Balaban J connectivity index is 1.27. The van der Waals surface area contributed by atoms with Crippen molar-refractivity contribution in [2.24, 2.45) is 5.10 Å². The summed E-state index contributed by atoms with van der Waals surface area (Å²) in [6.45, 7) is 7.85. The minimum atomic E-state index is -0.802. The minimum absolute atomic E-state index is 0.0967. The first-order valence-corrected chi connectivity index (χ1v) is 13.1. The van der Waals surface area contributed by atoms with Crippen molar-refractivity contribution in [1.82, 2.24) is 9.99 Å². The highest BCUT2D eigenvalue weighted by Gasteiger charge is 2.17. The van der Waals surface area contributed by atoms with Gasteiger partial charge in [-0.2, -0.15) is 5.10 Å². The molecule has 0 bridgehead atoms. The average molecular weight is 564 g/mol. The molecule has 0 fully saturated rings. The van der Waals surface area contributed by atoms with E-state index in [0.29, 0.717) is 22.8 Å². The Hall–Kier alpha value is -4.50. The summed E-state index contributed by atoms with van der Waals surface area (Å²) < 4.78 is 24.1. The Kier molecular flexibility index (Phi) is 9.29. The molecule has 0 aliphatic heterocycles. The van der Waals surface area contributed by atoms with Gasteiger partial charge in [0.2, 0.25) is 0 Å². The van der Waals surface area contributed by atoms with Crippen LogP contribution in [0.3, 0.4) is 0 Å². The standard InChI is InChI=1S/C30H30ClN3O6/c1-5-37-30(36)21(4)39-27-14-8-22(16-26(27)31)17-32-33-29(35)28-15-13-25(40-28)18-38-24-11-9-23(10-12-24)34-19(2)6-7-20(34)3/h6-17,21H,5,18H2,1-4H3,(H,33,35)/b32-17+/t21-/m0/s1. The number of esters is 1. The zero-order chi connectivity index (χ0) is 28.6. The molecule has 9 nitrogen and oxygen atoms in total. The Morgan fingerprint density at radius 2 is 1.77 bits per heavy atom. The van der Waals surface area contributed by atoms with Gasteiger partial charge in [-0.15, -0.1) is 0 Å². The van der Waals surface area contributed by atoms with Gasteiger partial charge in [-0.25, -0.2) is 10.2 Å². The van der Waals surface area contributed by atoms with Gasteiger partial charge in [0, 0.05) is 17.1 Å². The second kappa shape index (κ2) is 13.0. The number of carbonyl (C=O) groups is 2. The second-order valence-electron chi connectivity index (χ2n) is 8.90. The number of amides is 1. The summed E-state index contributed by atoms with van der Waals surface area (Å²) in [7, 11) is 0. The van der Waals surface area contributed by atoms with Gasteiger partial charge >= 0.3 is 11.9 Å². The van der Waals surface area contributed by atoms with Crippen molar-refractivity contribution >= 4 is 29.7 Å². The SMILES string of the molecule is CCOC(=O)[C@H](C)Oc1ccc(/C=N/NC(=O)c2ccc(COc3ccc(-n4c(C)ccc4C)cc3)o2)cc1Cl. The van der Waals surface area contributed by atoms with Crippen LogP contribution >= 0.6 is 11.6 Å². The molecule has 1 amide bonds. The van der Waals surface area contributed by atoms with Crippen molar-refractivity contribution in [3.63, 3.8) is 0 Å². The molecule has 10 heteroatoms. The lowest BCUT2D eigenvalue weighted by molar-refractivity contribution is -0.150. The van der Waals surface area contributed by atoms with Crippen LogP contribution in [0.15, 0.2) is 76.2 Å². The third kappa shape index (κ3) is 7.12. The quantitative estimate of drug-likeness (QED) is 0.136. The van der Waals surface area contributed by atoms with Crippen molar-refractivity contribution in [1.29, 1.82) is 0 Å². The maximum absolute atomic E-state index is 12.4. The van der Waals surface area contributed by atoms with E-state index in [4.69, 9.17) is 30.2 Å². The fourth-order valence-electron chi connectivity index (χ4n) is 3.91. The van der Waals surface area contributed by atoms with Gasteiger partial charge in [-0.1, -0.05) is 11.6 Å². The number of aryl methyl sites for hydroxylation is 2. The van der Waals surface area contributed by atoms with Crippen LogP contribution in [-0.2, 0) is 16.1 Å². The summed E-state index contributed by atoms with van der Waals surface area (Å²) >= 11 is 6.26. The lowest BCUT2D eigenvalue weighted by Gasteiger charge is -2.14. The second-order valence-corrected chi connectivity index (χ2v) is 9.31. The van der Waals surface area contributed by atoms with Crippen molar-refractivity contribution in [2.45, 2.75) is 40.4 Å². The van der Waals surface area contributed by atoms with Crippen LogP contribution in [0.25, 0.3) is 5.69 Å². The van der Waals surface area contributed by atoms with Crippen LogP contribution in [-0.4, -0.2) is 35.4 Å². The third-order valence-corrected chi connectivity index (χ3v) is 6.19. The van der Waals surface area contributed by atoms with Gasteiger partial charge in [0.25, 0.3) is 0 Å². The molecular formula is C30H30ClN3O6. The van der Waals surface area contributed by atoms with E-state index >= 15 is 0 Å². The largest absolute Gasteiger partial charge is 0.486 e. The van der Waals surface area contributed by atoms with E-state index in [1.54, 1.807) is 44.2 Å². The smallest absolute Gasteiger partial charge is 0.347 e. The number of hydrogen-bond donors (Lipinski definition) is 1. The Labute approximate surface area is 237 Å². The summed E-state index contributed by atoms with van der Waals surface area (Å²) in [5.74, 6) is 0.610. The zero-order valence-corrected chi connectivity index (χ0v) is 23.4. The van der Waals surface area contributed by atoms with Crippen molar-refractivity contribution in [3.8, 4) is 17.2 Å². The van der Waals surface area contributed by atoms with E-state index < -0.39 is 18.0 Å². The predicted molar refractivity (Wildman–Crippen MR) is 152 cm³/mol. The summed E-state index contributed by atoms with van der Waals surface area (Å²) in [6, 6.07) is 20.1. The monoisotopic (exact) mass is 563 g/mol. The molecule has 2 aromatic carbocycles. The van der Waals surface area contributed by atoms with E-state index in [2.05, 4.69) is 41.1 Å². The molecule has 40 heavy (non-hydrogen) atoms. The molecule has 4 aromatic rings. The number of ether oxygens (including phenoxy) is 3. The summed E-state index contributed by atoms with van der Waals surface area (Å²) in [6.07, 6.45) is 0.625. The van der Waals surface area contributed by atoms with Gasteiger partial charge in [0.05, 0.1) is 17.8 Å². The number of carbonyl (C=O) groups excluding carboxylic acids is 2. The van der Waals surface area contributed by atoms with Gasteiger partial charge in [0.1, 0.15) is 23.9 Å². The van der Waals surface area contributed by atoms with Crippen LogP contribution < -0.4 is 14.9 Å². The number of hydrogen-bond acceptors (Lipinski definition) is 7. The topological polar surface area (TPSA) is 104 Å². The Morgan fingerprint density at radius 1 is 1.05 bits per heavy atom. The number of nitrogens with zero attached hydrogens (tertiary/aromatic N) is 2. The fraction of sp³-hybridized carbons (Fsp3) is 0.233. The van der Waals surface area contributed by atoms with E-state index in [9.17, 15) is 9.59 Å². The van der Waals surface area contributed by atoms with Crippen molar-refractivity contribution in [2.75, 3.05) is 6.61 Å². The van der Waals surface area contributed by atoms with Crippen molar-refractivity contribution < 1.29 is 28.2 Å². The van der Waals surface area contributed by atoms with Gasteiger partial charge < -0.3 is 23.2 Å². The number of furan rings is 1. The van der Waals surface area contributed by atoms with E-state index in [0.717, 1.165) is 17.1 Å². The van der Waals surface area contributed by atoms with Crippen molar-refractivity contribution in [3.05, 3.63) is 100 Å². The average Bonchev–Trinajstić information content (AvgIpc) is 3.55. The number of benzene rings is 2. The van der Waals surface area contributed by atoms with Gasteiger partial charge in [-0.05, 0) is 100.0 Å². The first-order valence-electron chi connectivity index (χ1n) is 12.7. The number of hydrazone groups is 1. The zero-order valence-electron chi connectivity index (χ0n) is 22.6. The maximum atomic E-state index is 12.4. The highest BCUT2D eigenvalue weighted by molar-refractivity contribution is 6.32. The van der Waals surface area contributed by atoms with E-state index in [1.165, 1.54) is 6.21 Å². The lowest BCUT2D eigenvalue weighted by atomic mass is 10.2. The van der Waals surface area contributed by atoms with Crippen LogP contribution in [0.2, 0.25) is 5.02 Å². The maximum Gasteiger partial charge on any atom is 0.347 e.